The first-order valence-electron chi connectivity index (χ1n) is 31.3. The normalized spacial score (nSPS) is 12.9. The maximum absolute atomic E-state index is 14.2. The Kier molecular flexibility index (Phi) is 27.0. The molecule has 0 aliphatic heterocycles. The average Bonchev–Trinajstić information content (AvgIpc) is 1.70. The van der Waals surface area contributed by atoms with E-state index in [2.05, 4.69) is 20.6 Å². The van der Waals surface area contributed by atoms with Gasteiger partial charge in [-0.3, -0.25) is 10.1 Å². The number of alkyl halides is 5. The third kappa shape index (κ3) is 20.5. The summed E-state index contributed by atoms with van der Waals surface area (Å²) in [5.41, 5.74) is 1.34. The highest BCUT2D eigenvalue weighted by molar-refractivity contribution is 7.94. The Balaban J connectivity index is 0.000000348. The summed E-state index contributed by atoms with van der Waals surface area (Å²) in [5, 5.41) is 57.4. The molecule has 38 heteroatoms. The number of hydrogen-bond acceptors (Lipinski definition) is 25. The van der Waals surface area contributed by atoms with Crippen molar-refractivity contribution in [3.8, 4) is 41.5 Å². The Morgan fingerprint density at radius 2 is 0.720 bits per heavy atom. The molecule has 0 aliphatic carbocycles. The number of nitrogens with one attached hydrogen (secondary N) is 2. The zero-order valence-electron chi connectivity index (χ0n) is 62.3. The van der Waals surface area contributed by atoms with Crippen molar-refractivity contribution >= 4 is 112 Å². The second-order valence-corrected chi connectivity index (χ2v) is 42.1. The van der Waals surface area contributed by atoms with E-state index in [1.807, 2.05) is 41.5 Å². The zero-order chi connectivity index (χ0) is 83.7. The highest BCUT2D eigenvalue weighted by Gasteiger charge is 2.45. The van der Waals surface area contributed by atoms with Crippen LogP contribution in [0.3, 0.4) is 0 Å². The van der Waals surface area contributed by atoms with Crippen LogP contribution in [0.2, 0.25) is 5.02 Å². The van der Waals surface area contributed by atoms with Crippen LogP contribution < -0.4 is 16.4 Å². The van der Waals surface area contributed by atoms with Gasteiger partial charge in [-0.15, -0.1) is 0 Å². The molecule has 0 saturated carbocycles. The maximum Gasteiger partial charge on any atom is 0.412 e. The van der Waals surface area contributed by atoms with Crippen molar-refractivity contribution in [1.82, 2.24) is 9.97 Å². The lowest BCUT2D eigenvalue weighted by Crippen LogP contribution is -2.29. The number of sulfone groups is 5. The predicted molar refractivity (Wildman–Crippen MR) is 388 cm³/mol. The number of ether oxygens (including phenoxy) is 1. The second-order valence-electron chi connectivity index (χ2n) is 29.7. The fourth-order valence-corrected chi connectivity index (χ4v) is 14.8. The lowest BCUT2D eigenvalue weighted by Gasteiger charge is -2.21. The largest absolute Gasteiger partial charge is 0.504 e. The van der Waals surface area contributed by atoms with Crippen LogP contribution in [0.4, 0.5) is 43.8 Å². The van der Waals surface area contributed by atoms with E-state index < -0.39 is 156 Å². The molecule has 27 nitrogen and oxygen atoms in total. The molecule has 0 radical (unpaired) electrons. The van der Waals surface area contributed by atoms with E-state index in [1.54, 1.807) is 71.9 Å². The smallest absolute Gasteiger partial charge is 0.412 e. The summed E-state index contributed by atoms with van der Waals surface area (Å²) in [7, 11) is -22.5. The van der Waals surface area contributed by atoms with Gasteiger partial charge < -0.3 is 39.9 Å². The Morgan fingerprint density at radius 1 is 0.439 bits per heavy atom. The SMILES string of the molecule is CC(C)(C)C(=O)Nc1ccc(C#N)c(S(=O)(=O)C(C)(C)F)c1O.CC(C)(C)OC(=O)Nc1ccc(C#N)c(S(=O)(=O)C(C)(C)F)c1O.CC(C)(C)c1nc2ccc(C#N)c(S(=O)(=O)C(C)(C)F)c2o1.CC(C)(C)c1nc2ccc(Cl)c(S(=O)(=O)C(C)(C)F)c2o1.CC(C)(F)S(=O)(=O)c1c(C#N)ccc(N)c1O. The zero-order valence-corrected chi connectivity index (χ0v) is 67.1. The highest BCUT2D eigenvalue weighted by Crippen LogP contribution is 2.45. The summed E-state index contributed by atoms with van der Waals surface area (Å²) in [6, 6.07) is 19.1. The van der Waals surface area contributed by atoms with Gasteiger partial charge in [-0.05, 0) is 151 Å². The van der Waals surface area contributed by atoms with E-state index in [9.17, 15) is 94.2 Å². The van der Waals surface area contributed by atoms with Crippen molar-refractivity contribution in [3.05, 3.63) is 99.7 Å². The summed E-state index contributed by atoms with van der Waals surface area (Å²) in [5.74, 6) is -2.35. The number of amides is 2. The van der Waals surface area contributed by atoms with Crippen molar-refractivity contribution < 1.29 is 103 Å². The molecule has 107 heavy (non-hydrogen) atoms. The van der Waals surface area contributed by atoms with Crippen LogP contribution in [0.25, 0.3) is 22.2 Å². The maximum atomic E-state index is 14.2. The van der Waals surface area contributed by atoms with Crippen molar-refractivity contribution in [2.45, 2.75) is 218 Å². The molecule has 2 amide bonds. The molecule has 2 aromatic heterocycles. The second kappa shape index (κ2) is 31.4. The summed E-state index contributed by atoms with van der Waals surface area (Å²) in [4.78, 5) is 29.0. The highest BCUT2D eigenvalue weighted by atomic mass is 35.5. The van der Waals surface area contributed by atoms with Gasteiger partial charge in [0.1, 0.15) is 65.4 Å². The first-order chi connectivity index (χ1) is 47.8. The molecule has 7 rings (SSSR count). The number of fused-ring (bicyclic) bond motifs is 2. The van der Waals surface area contributed by atoms with Gasteiger partial charge in [-0.2, -0.15) is 21.0 Å². The molecular formula is C69H83ClF5N9O18S5. The Labute approximate surface area is 623 Å². The number of aromatic hydroxyl groups is 3. The van der Waals surface area contributed by atoms with Gasteiger partial charge in [0.25, 0.3) is 0 Å². The number of nitrogen functional groups attached to an aromatic ring is 1. The van der Waals surface area contributed by atoms with Gasteiger partial charge >= 0.3 is 6.09 Å². The molecule has 0 atom stereocenters. The van der Waals surface area contributed by atoms with Gasteiger partial charge in [0.2, 0.25) is 91.9 Å². The fraction of sp³-hybridized carbons (Fsp3) is 0.449. The summed E-state index contributed by atoms with van der Waals surface area (Å²) in [6.45, 7) is 29.6. The molecule has 7 aromatic rings. The Hall–Kier alpha value is -9.37. The molecule has 0 spiro atoms. The van der Waals surface area contributed by atoms with Gasteiger partial charge in [0.15, 0.2) is 28.4 Å². The standard InChI is InChI=1S/C15H19FN2O5S.C15H19FN2O4S.C15H17FN2O3S.C14H17ClFNO3S.C10H11FN2O3S/c1-14(2,3)23-13(20)18-10-7-6-9(8-17)12(11(10)19)24(21,22)15(4,5)16;1-14(2,3)13(20)18-10-7-6-9(8-17)12(11(10)19)23(21,22)15(4,5)16;1-14(2,3)13-18-10-7-6-9(8-17)12(11(10)21-13)22(19,20)15(4,5)16;1-13(2,3)12-17-9-7-6-8(15)11(10(9)20-12)21(18,19)14(4,5)16;1-10(2,11)17(15,16)9-6(5-12)3-4-7(13)8(9)14/h6-7,19H,1-5H3,(H,18,20);6-7,19H,1-5H3,(H,18,20);6-7H,1-5H3;6-7H,1-5H3;3-4,14H,13H2,1-2H3. The number of anilines is 3. The molecule has 584 valence electrons. The summed E-state index contributed by atoms with van der Waals surface area (Å²) < 4.78 is 209. The quantitative estimate of drug-likeness (QED) is 0.0376. The number of aromatic nitrogens is 2. The average molecular weight is 1620 g/mol. The van der Waals surface area contributed by atoms with Gasteiger partial charge in [0.05, 0.1) is 44.3 Å². The van der Waals surface area contributed by atoms with Gasteiger partial charge in [-0.25, -0.2) is 78.8 Å². The van der Waals surface area contributed by atoms with Gasteiger partial charge in [-0.1, -0.05) is 73.9 Å². The van der Waals surface area contributed by atoms with E-state index in [0.29, 0.717) is 17.3 Å². The number of halogens is 6. The van der Waals surface area contributed by atoms with E-state index in [-0.39, 0.29) is 54.8 Å². The van der Waals surface area contributed by atoms with E-state index in [4.69, 9.17) is 46.7 Å². The minimum absolute atomic E-state index is 0.00171. The molecule has 0 fully saturated rings. The van der Waals surface area contributed by atoms with Crippen LogP contribution in [0.15, 0.2) is 94.0 Å². The molecule has 5 aromatic carbocycles. The van der Waals surface area contributed by atoms with Crippen molar-refractivity contribution in [2.75, 3.05) is 16.4 Å². The number of phenols is 3. The number of nitriles is 4. The van der Waals surface area contributed by atoms with Crippen molar-refractivity contribution in [3.63, 3.8) is 0 Å². The minimum Gasteiger partial charge on any atom is -0.504 e. The monoisotopic (exact) mass is 1620 g/mol. The third-order valence-electron chi connectivity index (χ3n) is 14.3. The topological polar surface area (TPSA) is 472 Å². The number of phenolic OH excluding ortho intramolecular Hbond substituents is 3. The number of hydrogen-bond donors (Lipinski definition) is 6. The number of rotatable bonds is 12. The molecule has 2 heterocycles. The molecule has 0 unspecified atom stereocenters. The van der Waals surface area contributed by atoms with Crippen LogP contribution in [0.1, 0.15) is 186 Å². The third-order valence-corrected chi connectivity index (χ3v) is 25.8. The van der Waals surface area contributed by atoms with E-state index in [1.165, 1.54) is 30.3 Å². The first kappa shape index (κ1) is 91.8. The predicted octanol–water partition coefficient (Wildman–Crippen LogP) is 14.9. The number of benzene rings is 5. The molecule has 0 aliphatic rings. The number of carbonyl (C=O) groups is 2. The first-order valence-corrected chi connectivity index (χ1v) is 39.1. The number of oxazole rings is 2. The Bertz CT molecular complexity index is 5410. The fourth-order valence-electron chi connectivity index (χ4n) is 8.11. The van der Waals surface area contributed by atoms with Crippen LogP contribution in [0.5, 0.6) is 17.2 Å². The van der Waals surface area contributed by atoms with Crippen LogP contribution in [-0.2, 0) is 69.5 Å². The number of nitrogens with zero attached hydrogens (tertiary/aromatic N) is 6. The minimum atomic E-state index is -4.67. The Morgan fingerprint density at radius 3 is 1.04 bits per heavy atom. The van der Waals surface area contributed by atoms with Crippen LogP contribution in [0, 0.1) is 50.7 Å². The molecule has 0 bridgehead atoms. The van der Waals surface area contributed by atoms with Crippen LogP contribution in [-0.4, -0.2) is 110 Å². The molecule has 7 N–H and O–H groups in total. The van der Waals surface area contributed by atoms with E-state index >= 15 is 0 Å². The lowest BCUT2D eigenvalue weighted by atomic mass is 9.95. The molecule has 0 saturated heterocycles. The molecular weight excluding hydrogens is 1530 g/mol. The van der Waals surface area contributed by atoms with Crippen molar-refractivity contribution in [1.29, 1.82) is 21.0 Å². The lowest BCUT2D eigenvalue weighted by molar-refractivity contribution is -0.123. The number of carbonyl (C=O) groups excluding carboxylic acids is 2. The van der Waals surface area contributed by atoms with Gasteiger partial charge in [0, 0.05) is 16.2 Å². The van der Waals surface area contributed by atoms with Crippen molar-refractivity contribution in [2.24, 2.45) is 5.41 Å². The van der Waals surface area contributed by atoms with Crippen LogP contribution >= 0.6 is 11.6 Å². The number of nitrogens with two attached hydrogens (primary N) is 1. The summed E-state index contributed by atoms with van der Waals surface area (Å²) >= 11 is 5.98. The van der Waals surface area contributed by atoms with E-state index in [0.717, 1.165) is 93.5 Å². The summed E-state index contributed by atoms with van der Waals surface area (Å²) in [6.07, 6.45) is -0.939.